The van der Waals surface area contributed by atoms with Crippen molar-refractivity contribution in [3.05, 3.63) is 39.9 Å². The first kappa shape index (κ1) is 17.1. The molecule has 9 heteroatoms. The fourth-order valence-electron chi connectivity index (χ4n) is 1.80. The summed E-state index contributed by atoms with van der Waals surface area (Å²) in [7, 11) is -3.99. The minimum absolute atomic E-state index is 0.00985. The van der Waals surface area contributed by atoms with E-state index in [4.69, 9.17) is 5.11 Å². The zero-order valence-corrected chi connectivity index (χ0v) is 12.2. The average Bonchev–Trinajstić information content (AvgIpc) is 2.37. The van der Waals surface area contributed by atoms with Crippen molar-refractivity contribution in [3.63, 3.8) is 0 Å². The van der Waals surface area contributed by atoms with E-state index in [2.05, 4.69) is 4.72 Å². The van der Waals surface area contributed by atoms with Crippen molar-refractivity contribution in [1.29, 1.82) is 0 Å². The standard InChI is InChI=1S/C12H16N2O6S/c1-2-5-10(12(15)16)13-21(19,20)8-9-6-3-4-7-11(9)14(17)18/h3-4,6-7,10,13H,2,5,8H2,1H3,(H,15,16). The normalized spacial score (nSPS) is 12.8. The van der Waals surface area contributed by atoms with Gasteiger partial charge in [0.2, 0.25) is 10.0 Å². The van der Waals surface area contributed by atoms with Crippen LogP contribution in [0.5, 0.6) is 0 Å². The molecule has 0 aliphatic heterocycles. The molecule has 1 aromatic rings. The molecule has 1 atom stereocenters. The predicted molar refractivity (Wildman–Crippen MR) is 75.2 cm³/mol. The van der Waals surface area contributed by atoms with Crippen LogP contribution in [-0.4, -0.2) is 30.5 Å². The van der Waals surface area contributed by atoms with E-state index >= 15 is 0 Å². The van der Waals surface area contributed by atoms with Gasteiger partial charge >= 0.3 is 5.97 Å². The zero-order chi connectivity index (χ0) is 16.0. The van der Waals surface area contributed by atoms with Crippen LogP contribution in [0.25, 0.3) is 0 Å². The van der Waals surface area contributed by atoms with E-state index in [-0.39, 0.29) is 17.7 Å². The van der Waals surface area contributed by atoms with Gasteiger partial charge < -0.3 is 5.11 Å². The van der Waals surface area contributed by atoms with Gasteiger partial charge in [0.1, 0.15) is 6.04 Å². The van der Waals surface area contributed by atoms with Crippen LogP contribution in [0.2, 0.25) is 0 Å². The molecule has 0 aliphatic rings. The maximum absolute atomic E-state index is 12.0. The van der Waals surface area contributed by atoms with Crippen LogP contribution < -0.4 is 4.72 Å². The SMILES string of the molecule is CCCC(NS(=O)(=O)Cc1ccccc1[N+](=O)[O-])C(=O)O. The Bertz CT molecular complexity index is 628. The summed E-state index contributed by atoms with van der Waals surface area (Å²) in [6.07, 6.45) is 0.635. The summed E-state index contributed by atoms with van der Waals surface area (Å²) in [6.45, 7) is 1.73. The van der Waals surface area contributed by atoms with Crippen LogP contribution in [0.15, 0.2) is 24.3 Å². The molecule has 0 fully saturated rings. The van der Waals surface area contributed by atoms with E-state index in [9.17, 15) is 23.3 Å². The number of sulfonamides is 1. The van der Waals surface area contributed by atoms with Gasteiger partial charge in [0.05, 0.1) is 10.7 Å². The van der Waals surface area contributed by atoms with Gasteiger partial charge in [0.25, 0.3) is 5.69 Å². The summed E-state index contributed by atoms with van der Waals surface area (Å²) in [5, 5.41) is 19.8. The van der Waals surface area contributed by atoms with Crippen LogP contribution in [0.3, 0.4) is 0 Å². The molecular weight excluding hydrogens is 300 g/mol. The van der Waals surface area contributed by atoms with Crippen molar-refractivity contribution in [3.8, 4) is 0 Å². The lowest BCUT2D eigenvalue weighted by atomic mass is 10.2. The lowest BCUT2D eigenvalue weighted by Gasteiger charge is -2.13. The minimum atomic E-state index is -3.99. The highest BCUT2D eigenvalue weighted by Crippen LogP contribution is 2.20. The van der Waals surface area contributed by atoms with Crippen molar-refractivity contribution in [2.75, 3.05) is 0 Å². The molecule has 116 valence electrons. The number of carboxylic acids is 1. The van der Waals surface area contributed by atoms with Crippen molar-refractivity contribution in [2.24, 2.45) is 0 Å². The van der Waals surface area contributed by atoms with Gasteiger partial charge in [-0.15, -0.1) is 0 Å². The molecule has 0 amide bonds. The van der Waals surface area contributed by atoms with Gasteiger partial charge in [-0.25, -0.2) is 13.1 Å². The van der Waals surface area contributed by atoms with Crippen molar-refractivity contribution >= 4 is 21.7 Å². The van der Waals surface area contributed by atoms with Crippen molar-refractivity contribution in [2.45, 2.75) is 31.6 Å². The number of benzene rings is 1. The van der Waals surface area contributed by atoms with Crippen LogP contribution in [0, 0.1) is 10.1 Å². The molecule has 1 rings (SSSR count). The second-order valence-corrected chi connectivity index (χ2v) is 6.20. The third-order valence-electron chi connectivity index (χ3n) is 2.73. The number of carbonyl (C=O) groups is 1. The fraction of sp³-hybridized carbons (Fsp3) is 0.417. The van der Waals surface area contributed by atoms with Gasteiger partial charge in [0.15, 0.2) is 0 Å². The number of nitrogens with one attached hydrogen (secondary N) is 1. The number of hydrogen-bond acceptors (Lipinski definition) is 5. The van der Waals surface area contributed by atoms with Crippen molar-refractivity contribution in [1.82, 2.24) is 4.72 Å². The Morgan fingerprint density at radius 3 is 2.57 bits per heavy atom. The van der Waals surface area contributed by atoms with E-state index in [1.54, 1.807) is 6.92 Å². The molecule has 1 aromatic carbocycles. The Morgan fingerprint density at radius 1 is 1.43 bits per heavy atom. The molecule has 0 heterocycles. The summed E-state index contributed by atoms with van der Waals surface area (Å²) < 4.78 is 26.0. The summed E-state index contributed by atoms with van der Waals surface area (Å²) in [4.78, 5) is 21.1. The minimum Gasteiger partial charge on any atom is -0.480 e. The second kappa shape index (κ2) is 7.14. The number of carboxylic acid groups (broad SMARTS) is 1. The molecule has 0 spiro atoms. The van der Waals surface area contributed by atoms with Crippen LogP contribution >= 0.6 is 0 Å². The second-order valence-electron chi connectivity index (χ2n) is 4.44. The van der Waals surface area contributed by atoms with Gasteiger partial charge in [0, 0.05) is 11.6 Å². The third kappa shape index (κ3) is 5.12. The number of nitro groups is 1. The van der Waals surface area contributed by atoms with E-state index < -0.39 is 32.7 Å². The first-order valence-corrected chi connectivity index (χ1v) is 7.87. The highest BCUT2D eigenvalue weighted by atomic mass is 32.2. The summed E-state index contributed by atoms with van der Waals surface area (Å²) in [5.74, 6) is -1.92. The molecule has 0 aliphatic carbocycles. The van der Waals surface area contributed by atoms with Gasteiger partial charge in [-0.3, -0.25) is 14.9 Å². The molecule has 0 saturated carbocycles. The molecule has 0 aromatic heterocycles. The van der Waals surface area contributed by atoms with Gasteiger partial charge in [-0.2, -0.15) is 0 Å². The molecule has 1 unspecified atom stereocenters. The van der Waals surface area contributed by atoms with E-state index in [1.807, 2.05) is 0 Å². The highest BCUT2D eigenvalue weighted by Gasteiger charge is 2.25. The predicted octanol–water partition coefficient (Wildman–Crippen LogP) is 1.27. The molecule has 8 nitrogen and oxygen atoms in total. The fourth-order valence-corrected chi connectivity index (χ4v) is 3.18. The Labute approximate surface area is 122 Å². The Hall–Kier alpha value is -2.00. The number of hydrogen-bond donors (Lipinski definition) is 2. The number of para-hydroxylation sites is 1. The first-order valence-electron chi connectivity index (χ1n) is 6.22. The Kier molecular flexibility index (Phi) is 5.79. The largest absolute Gasteiger partial charge is 0.480 e. The zero-order valence-electron chi connectivity index (χ0n) is 11.4. The molecule has 0 radical (unpaired) electrons. The quantitative estimate of drug-likeness (QED) is 0.549. The molecule has 2 N–H and O–H groups in total. The lowest BCUT2D eigenvalue weighted by Crippen LogP contribution is -2.41. The molecule has 0 bridgehead atoms. The maximum atomic E-state index is 12.0. The monoisotopic (exact) mass is 316 g/mol. The van der Waals surface area contributed by atoms with Crippen LogP contribution in [0.4, 0.5) is 5.69 Å². The topological polar surface area (TPSA) is 127 Å². The lowest BCUT2D eigenvalue weighted by molar-refractivity contribution is -0.385. The van der Waals surface area contributed by atoms with Crippen molar-refractivity contribution < 1.29 is 23.2 Å². The van der Waals surface area contributed by atoms with Gasteiger partial charge in [-0.05, 0) is 6.42 Å². The van der Waals surface area contributed by atoms with E-state index in [0.29, 0.717) is 6.42 Å². The Morgan fingerprint density at radius 2 is 2.05 bits per heavy atom. The Balaban J connectivity index is 2.95. The number of nitrogens with zero attached hydrogens (tertiary/aromatic N) is 1. The smallest absolute Gasteiger partial charge is 0.321 e. The number of rotatable bonds is 8. The summed E-state index contributed by atoms with van der Waals surface area (Å²) in [5.41, 5.74) is -0.305. The van der Waals surface area contributed by atoms with E-state index in [0.717, 1.165) is 0 Å². The first-order chi connectivity index (χ1) is 9.76. The highest BCUT2D eigenvalue weighted by molar-refractivity contribution is 7.88. The molecular formula is C12H16N2O6S. The third-order valence-corrected chi connectivity index (χ3v) is 4.07. The summed E-state index contributed by atoms with van der Waals surface area (Å²) in [6, 6.07) is 4.21. The molecule has 0 saturated heterocycles. The number of nitro benzene ring substituents is 1. The average molecular weight is 316 g/mol. The number of aliphatic carboxylic acids is 1. The van der Waals surface area contributed by atoms with Gasteiger partial charge in [-0.1, -0.05) is 31.5 Å². The maximum Gasteiger partial charge on any atom is 0.321 e. The summed E-state index contributed by atoms with van der Waals surface area (Å²) >= 11 is 0. The van der Waals surface area contributed by atoms with E-state index in [1.165, 1.54) is 24.3 Å². The van der Waals surface area contributed by atoms with Crippen LogP contribution in [-0.2, 0) is 20.6 Å². The molecule has 21 heavy (non-hydrogen) atoms. The van der Waals surface area contributed by atoms with Crippen LogP contribution in [0.1, 0.15) is 25.3 Å².